The van der Waals surface area contributed by atoms with Crippen LogP contribution in [0.1, 0.15) is 57.6 Å². The molecule has 4 heterocycles. The number of ether oxygens (including phenoxy) is 2. The van der Waals surface area contributed by atoms with Crippen molar-refractivity contribution in [2.24, 2.45) is 0 Å². The first-order valence-corrected chi connectivity index (χ1v) is 17.8. The van der Waals surface area contributed by atoms with E-state index in [2.05, 4.69) is 15.4 Å². The van der Waals surface area contributed by atoms with Gasteiger partial charge < -0.3 is 29.2 Å². The van der Waals surface area contributed by atoms with E-state index in [0.29, 0.717) is 30.4 Å². The van der Waals surface area contributed by atoms with Crippen molar-refractivity contribution in [3.8, 4) is 0 Å². The number of aromatic nitrogens is 4. The molecule has 1 fully saturated rings. The summed E-state index contributed by atoms with van der Waals surface area (Å²) in [5.41, 5.74) is -0.105. The highest BCUT2D eigenvalue weighted by atomic mass is 32.5. The van der Waals surface area contributed by atoms with Gasteiger partial charge in [-0.15, -0.1) is 5.10 Å². The predicted molar refractivity (Wildman–Crippen MR) is 176 cm³/mol. The lowest BCUT2D eigenvalue weighted by Gasteiger charge is -2.40. The number of benzene rings is 1. The fourth-order valence-corrected chi connectivity index (χ4v) is 6.44. The van der Waals surface area contributed by atoms with Gasteiger partial charge >= 0.3 is 16.3 Å². The van der Waals surface area contributed by atoms with Crippen LogP contribution in [0.5, 0.6) is 0 Å². The first-order chi connectivity index (χ1) is 22.6. The van der Waals surface area contributed by atoms with Gasteiger partial charge in [0.1, 0.15) is 22.7 Å². The molecule has 1 N–H and O–H groups in total. The van der Waals surface area contributed by atoms with Gasteiger partial charge in [0.2, 0.25) is 11.7 Å². The number of hydrogen-bond acceptors (Lipinski definition) is 8. The van der Waals surface area contributed by atoms with Gasteiger partial charge in [-0.05, 0) is 70.7 Å². The maximum atomic E-state index is 14.1. The first kappa shape index (κ1) is 36.1. The van der Waals surface area contributed by atoms with E-state index >= 15 is 0 Å². The number of carbonyl (C=O) groups is 2. The number of rotatable bonds is 7. The summed E-state index contributed by atoms with van der Waals surface area (Å²) in [5, 5.41) is 7.02. The molecule has 0 aliphatic carbocycles. The Morgan fingerprint density at radius 2 is 1.78 bits per heavy atom. The molecule has 3 aromatic rings. The van der Waals surface area contributed by atoms with Crippen LogP contribution in [-0.4, -0.2) is 81.1 Å². The molecule has 12 nitrogen and oxygen atoms in total. The third kappa shape index (κ3) is 8.17. The normalized spacial score (nSPS) is 17.6. The second-order valence-electron chi connectivity index (χ2n) is 13.1. The van der Waals surface area contributed by atoms with E-state index in [1.54, 1.807) is 32.6 Å². The van der Waals surface area contributed by atoms with Crippen molar-refractivity contribution in [3.63, 3.8) is 0 Å². The molecule has 2 aliphatic rings. The summed E-state index contributed by atoms with van der Waals surface area (Å²) in [5.74, 6) is -0.406. The fraction of sp³-hybridized carbons (Fsp3) is 0.516. The maximum absolute atomic E-state index is 14.1. The minimum absolute atomic E-state index is 0.0567. The van der Waals surface area contributed by atoms with Crippen LogP contribution in [0.25, 0.3) is 11.4 Å². The van der Waals surface area contributed by atoms with E-state index in [9.17, 15) is 33.8 Å². The Balaban J connectivity index is 1.52. The van der Waals surface area contributed by atoms with Crippen LogP contribution in [0.2, 0.25) is 0 Å². The highest BCUT2D eigenvalue weighted by molar-refractivity contribution is 8.45. The Morgan fingerprint density at radius 3 is 2.39 bits per heavy atom. The fourth-order valence-electron chi connectivity index (χ4n) is 5.71. The highest BCUT2D eigenvalue weighted by Crippen LogP contribution is 3.02. The summed E-state index contributed by atoms with van der Waals surface area (Å²) in [6, 6.07) is 1.32. The van der Waals surface area contributed by atoms with Crippen LogP contribution >= 0.6 is 10.2 Å². The molecular weight excluding hydrogens is 677 g/mol. The van der Waals surface area contributed by atoms with Crippen molar-refractivity contribution >= 4 is 44.9 Å². The summed E-state index contributed by atoms with van der Waals surface area (Å²) in [6.45, 7) is 9.68. The number of allylic oxidation sites excluding steroid dienone is 1. The summed E-state index contributed by atoms with van der Waals surface area (Å²) >= 11 is 0. The van der Waals surface area contributed by atoms with Gasteiger partial charge in [0, 0.05) is 44.0 Å². The summed E-state index contributed by atoms with van der Waals surface area (Å²) in [4.78, 5) is 46.2. The third-order valence-corrected chi connectivity index (χ3v) is 9.20. The zero-order chi connectivity index (χ0) is 36.0. The van der Waals surface area contributed by atoms with Gasteiger partial charge in [-0.2, -0.15) is 9.50 Å². The van der Waals surface area contributed by atoms with Crippen LogP contribution in [0.15, 0.2) is 34.0 Å². The molecule has 1 saturated heterocycles. The Hall–Kier alpha value is -4.19. The van der Waals surface area contributed by atoms with E-state index in [1.807, 2.05) is 11.0 Å². The average molecular weight is 718 g/mol. The molecule has 0 saturated carbocycles. The zero-order valence-corrected chi connectivity index (χ0v) is 28.7. The smallest absolute Gasteiger partial charge is 0.410 e. The standard InChI is InChI=1S/C31H40F5N7O5S/c1-6-24-26(40-12-14-41(15-13-40)30(46)48-31(3,4)5)28(45)43-29(38-27(39-43)21-9-7-8-16-47-19-21)42(24)18-25(44)37-23-11-10-22(17-20(23)2)49(32,33,34,35)36/h9-11,17H,6-8,12-16,18-19H2,1-5H3,(H,37,44). The number of halogens is 5. The largest absolute Gasteiger partial charge is 0.444 e. The quantitative estimate of drug-likeness (QED) is 0.282. The van der Waals surface area contributed by atoms with E-state index in [4.69, 9.17) is 9.47 Å². The lowest BCUT2D eigenvalue weighted by molar-refractivity contribution is -0.116. The van der Waals surface area contributed by atoms with Crippen LogP contribution < -0.4 is 15.8 Å². The topological polar surface area (TPSA) is 123 Å². The molecule has 0 atom stereocenters. The van der Waals surface area contributed by atoms with Crippen molar-refractivity contribution in [2.45, 2.75) is 70.9 Å². The number of nitrogens with one attached hydrogen (secondary N) is 1. The molecule has 2 amide bonds. The van der Waals surface area contributed by atoms with Gasteiger partial charge in [-0.25, -0.2) is 4.79 Å². The van der Waals surface area contributed by atoms with Gasteiger partial charge in [0.15, 0.2) is 5.82 Å². The summed E-state index contributed by atoms with van der Waals surface area (Å²) < 4.78 is 80.7. The minimum atomic E-state index is -9.93. The van der Waals surface area contributed by atoms with Crippen LogP contribution in [0.3, 0.4) is 0 Å². The molecule has 5 rings (SSSR count). The van der Waals surface area contributed by atoms with Crippen molar-refractivity contribution in [1.29, 1.82) is 0 Å². The van der Waals surface area contributed by atoms with Crippen molar-refractivity contribution in [2.75, 3.05) is 49.6 Å². The number of nitrogens with zero attached hydrogens (tertiary/aromatic N) is 6. The number of fused-ring (bicyclic) bond motifs is 1. The van der Waals surface area contributed by atoms with E-state index in [1.165, 1.54) is 11.5 Å². The number of aryl methyl sites for hydroxylation is 1. The molecule has 270 valence electrons. The Labute approximate surface area is 279 Å². The Bertz CT molecular complexity index is 1880. The minimum Gasteiger partial charge on any atom is -0.444 e. The molecule has 0 unspecified atom stereocenters. The Kier molecular flexibility index (Phi) is 9.06. The molecule has 0 spiro atoms. The monoisotopic (exact) mass is 717 g/mol. The number of carbonyl (C=O) groups excluding carboxylic acids is 2. The third-order valence-electron chi connectivity index (χ3n) is 8.06. The van der Waals surface area contributed by atoms with E-state index in [0.717, 1.165) is 17.0 Å². The predicted octanol–water partition coefficient (Wildman–Crippen LogP) is 6.31. The van der Waals surface area contributed by atoms with Crippen molar-refractivity contribution < 1.29 is 38.5 Å². The Morgan fingerprint density at radius 1 is 1.08 bits per heavy atom. The molecule has 2 aromatic heterocycles. The highest BCUT2D eigenvalue weighted by Gasteiger charge is 2.65. The second-order valence-corrected chi connectivity index (χ2v) is 15.5. The number of anilines is 2. The lowest BCUT2D eigenvalue weighted by atomic mass is 10.2. The number of piperazine rings is 1. The van der Waals surface area contributed by atoms with Crippen LogP contribution in [0.4, 0.5) is 35.6 Å². The number of amides is 2. The summed E-state index contributed by atoms with van der Waals surface area (Å²) in [6.07, 6.45) is 3.24. The SMILES string of the molecule is CCc1c(N2CCN(C(=O)OC(C)(C)C)CC2)c(=O)n2nc(C3=CCCCOC3)nc2n1CC(=O)Nc1ccc(S(F)(F)(F)(F)F)cc1C. The molecule has 1 aromatic carbocycles. The van der Waals surface area contributed by atoms with E-state index in [-0.39, 0.29) is 73.8 Å². The second kappa shape index (κ2) is 12.3. The van der Waals surface area contributed by atoms with Crippen molar-refractivity contribution in [1.82, 2.24) is 24.1 Å². The zero-order valence-electron chi connectivity index (χ0n) is 27.9. The van der Waals surface area contributed by atoms with Crippen LogP contribution in [-0.2, 0) is 27.2 Å². The molecule has 0 radical (unpaired) electrons. The van der Waals surface area contributed by atoms with Crippen LogP contribution in [0, 0.1) is 6.92 Å². The molecule has 18 heteroatoms. The molecule has 2 aliphatic heterocycles. The van der Waals surface area contributed by atoms with Gasteiger partial charge in [-0.1, -0.05) is 32.4 Å². The van der Waals surface area contributed by atoms with Crippen molar-refractivity contribution in [3.05, 3.63) is 51.7 Å². The maximum Gasteiger partial charge on any atom is 0.410 e. The molecule has 0 bridgehead atoms. The average Bonchev–Trinajstić information content (AvgIpc) is 3.26. The van der Waals surface area contributed by atoms with Gasteiger partial charge in [-0.3, -0.25) is 9.59 Å². The molecular formula is C31H40F5N7O5S. The van der Waals surface area contributed by atoms with Gasteiger partial charge in [0.25, 0.3) is 5.56 Å². The lowest BCUT2D eigenvalue weighted by Crippen LogP contribution is -2.51. The van der Waals surface area contributed by atoms with Gasteiger partial charge in [0.05, 0.1) is 12.3 Å². The van der Waals surface area contributed by atoms with E-state index < -0.39 is 44.8 Å². The number of hydrogen-bond donors (Lipinski definition) is 1. The first-order valence-electron chi connectivity index (χ1n) is 15.8. The molecule has 49 heavy (non-hydrogen) atoms. The summed E-state index contributed by atoms with van der Waals surface area (Å²) in [7, 11) is -9.93.